The number of nitrogens with one attached hydrogen (secondary N) is 1. The SMILES string of the molecule is Cc1cc(C(=O)NC(C)(C)C(=O)O)c(C)n1-c1ccccc1. The molecule has 1 aromatic carbocycles. The molecule has 116 valence electrons. The van der Waals surface area contributed by atoms with Crippen molar-refractivity contribution in [1.82, 2.24) is 9.88 Å². The van der Waals surface area contributed by atoms with E-state index < -0.39 is 11.5 Å². The summed E-state index contributed by atoms with van der Waals surface area (Å²) in [6, 6.07) is 11.5. The topological polar surface area (TPSA) is 71.3 Å². The summed E-state index contributed by atoms with van der Waals surface area (Å²) in [5.74, 6) is -1.46. The number of aryl methyl sites for hydroxylation is 1. The molecule has 0 atom stereocenters. The van der Waals surface area contributed by atoms with Crippen molar-refractivity contribution in [3.05, 3.63) is 53.3 Å². The molecule has 1 aromatic heterocycles. The van der Waals surface area contributed by atoms with Crippen LogP contribution >= 0.6 is 0 Å². The van der Waals surface area contributed by atoms with Crippen molar-refractivity contribution in [2.45, 2.75) is 33.2 Å². The molecule has 2 N–H and O–H groups in total. The van der Waals surface area contributed by atoms with E-state index in [1.54, 1.807) is 6.07 Å². The number of hydrogen-bond acceptors (Lipinski definition) is 2. The Hall–Kier alpha value is -2.56. The van der Waals surface area contributed by atoms with Crippen LogP contribution in [0.15, 0.2) is 36.4 Å². The van der Waals surface area contributed by atoms with Gasteiger partial charge in [0, 0.05) is 17.1 Å². The number of aromatic nitrogens is 1. The number of amides is 1. The van der Waals surface area contributed by atoms with Gasteiger partial charge in [0.1, 0.15) is 5.54 Å². The van der Waals surface area contributed by atoms with Gasteiger partial charge in [-0.15, -0.1) is 0 Å². The van der Waals surface area contributed by atoms with E-state index in [1.165, 1.54) is 13.8 Å². The number of carboxylic acid groups (broad SMARTS) is 1. The molecule has 0 saturated carbocycles. The van der Waals surface area contributed by atoms with E-state index >= 15 is 0 Å². The van der Waals surface area contributed by atoms with E-state index in [0.29, 0.717) is 5.56 Å². The van der Waals surface area contributed by atoms with Gasteiger partial charge in [-0.05, 0) is 45.9 Å². The van der Waals surface area contributed by atoms with Crippen molar-refractivity contribution in [3.63, 3.8) is 0 Å². The van der Waals surface area contributed by atoms with Gasteiger partial charge in [-0.3, -0.25) is 4.79 Å². The van der Waals surface area contributed by atoms with E-state index in [0.717, 1.165) is 17.1 Å². The van der Waals surface area contributed by atoms with Gasteiger partial charge in [-0.25, -0.2) is 4.79 Å². The fraction of sp³-hybridized carbons (Fsp3) is 0.294. The summed E-state index contributed by atoms with van der Waals surface area (Å²) in [5, 5.41) is 11.7. The second-order valence-electron chi connectivity index (χ2n) is 5.84. The Morgan fingerprint density at radius 1 is 1.14 bits per heavy atom. The number of benzene rings is 1. The molecule has 0 aliphatic carbocycles. The van der Waals surface area contributed by atoms with Gasteiger partial charge in [0.2, 0.25) is 0 Å². The van der Waals surface area contributed by atoms with Gasteiger partial charge in [0.25, 0.3) is 5.91 Å². The molecule has 0 saturated heterocycles. The monoisotopic (exact) mass is 300 g/mol. The van der Waals surface area contributed by atoms with Crippen molar-refractivity contribution in [1.29, 1.82) is 0 Å². The minimum atomic E-state index is -1.31. The fourth-order valence-corrected chi connectivity index (χ4v) is 2.37. The smallest absolute Gasteiger partial charge is 0.328 e. The largest absolute Gasteiger partial charge is 0.480 e. The first kappa shape index (κ1) is 15.8. The molecule has 2 aromatic rings. The number of carboxylic acids is 1. The third kappa shape index (κ3) is 2.88. The molecule has 0 unspecified atom stereocenters. The first-order valence-corrected chi connectivity index (χ1v) is 7.04. The zero-order chi connectivity index (χ0) is 16.5. The summed E-state index contributed by atoms with van der Waals surface area (Å²) in [5.41, 5.74) is 1.83. The maximum atomic E-state index is 12.4. The van der Waals surface area contributed by atoms with Crippen LogP contribution in [0.25, 0.3) is 5.69 Å². The molecule has 0 bridgehead atoms. The summed E-state index contributed by atoms with van der Waals surface area (Å²) in [7, 11) is 0. The lowest BCUT2D eigenvalue weighted by molar-refractivity contribution is -0.143. The van der Waals surface area contributed by atoms with Crippen LogP contribution in [0.1, 0.15) is 35.6 Å². The average molecular weight is 300 g/mol. The molecular weight excluding hydrogens is 280 g/mol. The van der Waals surface area contributed by atoms with Crippen LogP contribution in [0, 0.1) is 13.8 Å². The van der Waals surface area contributed by atoms with Crippen molar-refractivity contribution in [3.8, 4) is 5.69 Å². The first-order chi connectivity index (χ1) is 10.2. The summed E-state index contributed by atoms with van der Waals surface area (Å²) in [6.45, 7) is 6.69. The molecule has 5 heteroatoms. The van der Waals surface area contributed by atoms with E-state index in [9.17, 15) is 9.59 Å². The van der Waals surface area contributed by atoms with Crippen LogP contribution in [0.5, 0.6) is 0 Å². The number of carbonyl (C=O) groups excluding carboxylic acids is 1. The quantitative estimate of drug-likeness (QED) is 0.912. The van der Waals surface area contributed by atoms with Crippen LogP contribution in [0.3, 0.4) is 0 Å². The Balaban J connectivity index is 2.39. The minimum absolute atomic E-state index is 0.386. The van der Waals surface area contributed by atoms with Gasteiger partial charge in [0.15, 0.2) is 0 Å². The molecule has 22 heavy (non-hydrogen) atoms. The highest BCUT2D eigenvalue weighted by molar-refractivity contribution is 5.99. The molecule has 0 fully saturated rings. The van der Waals surface area contributed by atoms with Crippen molar-refractivity contribution in [2.24, 2.45) is 0 Å². The number of para-hydroxylation sites is 1. The van der Waals surface area contributed by atoms with Crippen LogP contribution in [0.2, 0.25) is 0 Å². The Morgan fingerprint density at radius 2 is 1.73 bits per heavy atom. The fourth-order valence-electron chi connectivity index (χ4n) is 2.37. The normalized spacial score (nSPS) is 11.3. The van der Waals surface area contributed by atoms with Crippen LogP contribution in [0.4, 0.5) is 0 Å². The maximum Gasteiger partial charge on any atom is 0.328 e. The molecule has 0 spiro atoms. The molecule has 0 radical (unpaired) electrons. The van der Waals surface area contributed by atoms with Gasteiger partial charge >= 0.3 is 5.97 Å². The number of nitrogens with zero attached hydrogens (tertiary/aromatic N) is 1. The van der Waals surface area contributed by atoms with Gasteiger partial charge in [-0.2, -0.15) is 0 Å². The van der Waals surface area contributed by atoms with Gasteiger partial charge < -0.3 is 15.0 Å². The Kier molecular flexibility index (Phi) is 4.08. The lowest BCUT2D eigenvalue weighted by Crippen LogP contribution is -2.49. The first-order valence-electron chi connectivity index (χ1n) is 7.04. The Labute approximate surface area is 129 Å². The Bertz CT molecular complexity index is 715. The van der Waals surface area contributed by atoms with E-state index in [4.69, 9.17) is 5.11 Å². The van der Waals surface area contributed by atoms with Crippen molar-refractivity contribution in [2.75, 3.05) is 0 Å². The van der Waals surface area contributed by atoms with Crippen molar-refractivity contribution >= 4 is 11.9 Å². The van der Waals surface area contributed by atoms with Crippen LogP contribution in [-0.4, -0.2) is 27.1 Å². The molecular formula is C17H20N2O3. The third-order valence-corrected chi connectivity index (χ3v) is 3.65. The van der Waals surface area contributed by atoms with Crippen molar-refractivity contribution < 1.29 is 14.7 Å². The second kappa shape index (κ2) is 5.67. The molecule has 2 rings (SSSR count). The second-order valence-corrected chi connectivity index (χ2v) is 5.84. The minimum Gasteiger partial charge on any atom is -0.480 e. The summed E-state index contributed by atoms with van der Waals surface area (Å²) in [6.07, 6.45) is 0. The highest BCUT2D eigenvalue weighted by atomic mass is 16.4. The van der Waals surface area contributed by atoms with Crippen LogP contribution in [-0.2, 0) is 4.79 Å². The van der Waals surface area contributed by atoms with Gasteiger partial charge in [-0.1, -0.05) is 18.2 Å². The Morgan fingerprint density at radius 3 is 2.27 bits per heavy atom. The predicted molar refractivity (Wildman–Crippen MR) is 84.4 cm³/mol. The number of aliphatic carboxylic acids is 1. The number of carbonyl (C=O) groups is 2. The number of rotatable bonds is 4. The zero-order valence-electron chi connectivity index (χ0n) is 13.2. The molecule has 0 aliphatic heterocycles. The number of hydrogen-bond donors (Lipinski definition) is 2. The highest BCUT2D eigenvalue weighted by Gasteiger charge is 2.30. The van der Waals surface area contributed by atoms with E-state index in [2.05, 4.69) is 5.32 Å². The average Bonchev–Trinajstić information content (AvgIpc) is 2.74. The summed E-state index contributed by atoms with van der Waals surface area (Å²) < 4.78 is 1.97. The summed E-state index contributed by atoms with van der Waals surface area (Å²) >= 11 is 0. The predicted octanol–water partition coefficient (Wildman–Crippen LogP) is 2.69. The zero-order valence-corrected chi connectivity index (χ0v) is 13.2. The summed E-state index contributed by atoms with van der Waals surface area (Å²) in [4.78, 5) is 23.5. The maximum absolute atomic E-state index is 12.4. The molecule has 1 heterocycles. The molecule has 0 aliphatic rings. The van der Waals surface area contributed by atoms with E-state index in [-0.39, 0.29) is 5.91 Å². The molecule has 5 nitrogen and oxygen atoms in total. The highest BCUT2D eigenvalue weighted by Crippen LogP contribution is 2.21. The van der Waals surface area contributed by atoms with Gasteiger partial charge in [0.05, 0.1) is 5.56 Å². The van der Waals surface area contributed by atoms with E-state index in [1.807, 2.05) is 48.7 Å². The van der Waals surface area contributed by atoms with Crippen LogP contribution < -0.4 is 5.32 Å². The third-order valence-electron chi connectivity index (χ3n) is 3.65. The lowest BCUT2D eigenvalue weighted by Gasteiger charge is -2.21. The standard InChI is InChI=1S/C17H20N2O3/c1-11-10-14(15(20)18-17(3,4)16(21)22)12(2)19(11)13-8-6-5-7-9-13/h5-10H,1-4H3,(H,18,20)(H,21,22). The molecule has 1 amide bonds. The lowest BCUT2D eigenvalue weighted by atomic mass is 10.1.